The summed E-state index contributed by atoms with van der Waals surface area (Å²) in [6.45, 7) is 4.95. The summed E-state index contributed by atoms with van der Waals surface area (Å²) in [7, 11) is 0. The molecule has 2 rings (SSSR count). The van der Waals surface area contributed by atoms with Crippen molar-refractivity contribution in [1.82, 2.24) is 10.3 Å². The number of pyridine rings is 1. The van der Waals surface area contributed by atoms with E-state index in [1.165, 1.54) is 6.20 Å². The van der Waals surface area contributed by atoms with E-state index in [9.17, 15) is 4.79 Å². The molecular formula is C14H20N2O3. The first kappa shape index (κ1) is 13.8. The van der Waals surface area contributed by atoms with Crippen molar-refractivity contribution < 1.29 is 14.3 Å². The van der Waals surface area contributed by atoms with Gasteiger partial charge >= 0.3 is 5.97 Å². The number of ether oxygens (including phenoxy) is 2. The average molecular weight is 264 g/mol. The Morgan fingerprint density at radius 1 is 1.42 bits per heavy atom. The number of piperidine rings is 1. The summed E-state index contributed by atoms with van der Waals surface area (Å²) in [5.74, 6) is 0.805. The SMILES string of the molecule is CCOC(=O)c1ccc(OCC2CCNCC2)nc1. The molecule has 104 valence electrons. The molecule has 1 aliphatic rings. The molecule has 2 heterocycles. The first-order valence-corrected chi connectivity index (χ1v) is 6.76. The van der Waals surface area contributed by atoms with Crippen molar-refractivity contribution in [2.75, 3.05) is 26.3 Å². The molecule has 1 fully saturated rings. The van der Waals surface area contributed by atoms with Crippen molar-refractivity contribution in [3.8, 4) is 5.88 Å². The van der Waals surface area contributed by atoms with Crippen molar-refractivity contribution in [3.05, 3.63) is 23.9 Å². The fourth-order valence-corrected chi connectivity index (χ4v) is 2.05. The lowest BCUT2D eigenvalue weighted by Gasteiger charge is -2.22. The number of hydrogen-bond acceptors (Lipinski definition) is 5. The summed E-state index contributed by atoms with van der Waals surface area (Å²) in [4.78, 5) is 15.6. The maximum absolute atomic E-state index is 11.5. The number of carbonyl (C=O) groups excluding carboxylic acids is 1. The van der Waals surface area contributed by atoms with Gasteiger partial charge in [-0.2, -0.15) is 0 Å². The van der Waals surface area contributed by atoms with Crippen molar-refractivity contribution in [2.45, 2.75) is 19.8 Å². The van der Waals surface area contributed by atoms with Crippen LogP contribution in [-0.4, -0.2) is 37.3 Å². The Labute approximate surface area is 113 Å². The van der Waals surface area contributed by atoms with E-state index in [2.05, 4.69) is 10.3 Å². The van der Waals surface area contributed by atoms with Gasteiger partial charge in [-0.25, -0.2) is 9.78 Å². The molecule has 0 saturated carbocycles. The highest BCUT2D eigenvalue weighted by Crippen LogP contribution is 2.15. The molecule has 19 heavy (non-hydrogen) atoms. The first-order chi connectivity index (χ1) is 9.29. The van der Waals surface area contributed by atoms with Gasteiger partial charge in [0, 0.05) is 12.3 Å². The van der Waals surface area contributed by atoms with E-state index in [0.717, 1.165) is 25.9 Å². The van der Waals surface area contributed by atoms with E-state index >= 15 is 0 Å². The van der Waals surface area contributed by atoms with Crippen LogP contribution < -0.4 is 10.1 Å². The summed E-state index contributed by atoms with van der Waals surface area (Å²) in [6, 6.07) is 3.40. The highest BCUT2D eigenvalue weighted by molar-refractivity contribution is 5.89. The molecular weight excluding hydrogens is 244 g/mol. The zero-order chi connectivity index (χ0) is 13.5. The summed E-state index contributed by atoms with van der Waals surface area (Å²) >= 11 is 0. The second kappa shape index (κ2) is 7.09. The fourth-order valence-electron chi connectivity index (χ4n) is 2.05. The predicted molar refractivity (Wildman–Crippen MR) is 71.3 cm³/mol. The molecule has 0 atom stereocenters. The quantitative estimate of drug-likeness (QED) is 0.819. The molecule has 0 unspecified atom stereocenters. The van der Waals surface area contributed by atoms with Crippen LogP contribution in [0.1, 0.15) is 30.1 Å². The number of nitrogens with one attached hydrogen (secondary N) is 1. The first-order valence-electron chi connectivity index (χ1n) is 6.76. The van der Waals surface area contributed by atoms with E-state index < -0.39 is 0 Å². The number of carbonyl (C=O) groups is 1. The van der Waals surface area contributed by atoms with Gasteiger partial charge in [-0.3, -0.25) is 0 Å². The summed E-state index contributed by atoms with van der Waals surface area (Å²) in [5.41, 5.74) is 0.455. The molecule has 1 aliphatic heterocycles. The van der Waals surface area contributed by atoms with Gasteiger partial charge in [-0.05, 0) is 44.8 Å². The van der Waals surface area contributed by atoms with Gasteiger partial charge in [0.15, 0.2) is 0 Å². The Kier molecular flexibility index (Phi) is 5.15. The van der Waals surface area contributed by atoms with Crippen molar-refractivity contribution in [3.63, 3.8) is 0 Å². The van der Waals surface area contributed by atoms with Gasteiger partial charge in [0.1, 0.15) is 0 Å². The van der Waals surface area contributed by atoms with E-state index in [1.807, 2.05) is 0 Å². The third-order valence-corrected chi connectivity index (χ3v) is 3.17. The topological polar surface area (TPSA) is 60.5 Å². The van der Waals surface area contributed by atoms with Crippen LogP contribution in [0, 0.1) is 5.92 Å². The molecule has 5 nitrogen and oxygen atoms in total. The van der Waals surface area contributed by atoms with E-state index in [-0.39, 0.29) is 5.97 Å². The lowest BCUT2D eigenvalue weighted by molar-refractivity contribution is 0.0525. The Morgan fingerprint density at radius 3 is 2.84 bits per heavy atom. The van der Waals surface area contributed by atoms with Crippen molar-refractivity contribution in [2.24, 2.45) is 5.92 Å². The number of nitrogens with zero attached hydrogens (tertiary/aromatic N) is 1. The molecule has 1 saturated heterocycles. The molecule has 0 radical (unpaired) electrons. The summed E-state index contributed by atoms with van der Waals surface area (Å²) in [5, 5.41) is 3.32. The van der Waals surface area contributed by atoms with E-state index in [1.54, 1.807) is 19.1 Å². The Hall–Kier alpha value is -1.62. The van der Waals surface area contributed by atoms with Gasteiger partial charge in [0.05, 0.1) is 18.8 Å². The van der Waals surface area contributed by atoms with Crippen LogP contribution in [0.5, 0.6) is 5.88 Å². The maximum atomic E-state index is 11.5. The van der Waals surface area contributed by atoms with Gasteiger partial charge in [-0.1, -0.05) is 0 Å². The Morgan fingerprint density at radius 2 is 2.21 bits per heavy atom. The highest BCUT2D eigenvalue weighted by atomic mass is 16.5. The smallest absolute Gasteiger partial charge is 0.339 e. The second-order valence-corrected chi connectivity index (χ2v) is 4.61. The molecule has 1 N–H and O–H groups in total. The van der Waals surface area contributed by atoms with Gasteiger partial charge in [0.25, 0.3) is 0 Å². The molecule has 0 aromatic carbocycles. The third-order valence-electron chi connectivity index (χ3n) is 3.17. The van der Waals surface area contributed by atoms with E-state index in [0.29, 0.717) is 30.6 Å². The van der Waals surface area contributed by atoms with Crippen LogP contribution in [0.4, 0.5) is 0 Å². The van der Waals surface area contributed by atoms with Crippen LogP contribution in [0.3, 0.4) is 0 Å². The molecule has 0 bridgehead atoms. The zero-order valence-electron chi connectivity index (χ0n) is 11.2. The molecule has 0 aliphatic carbocycles. The Bertz CT molecular complexity index is 400. The second-order valence-electron chi connectivity index (χ2n) is 4.61. The van der Waals surface area contributed by atoms with E-state index in [4.69, 9.17) is 9.47 Å². The minimum atomic E-state index is -0.347. The Balaban J connectivity index is 1.82. The summed E-state index contributed by atoms with van der Waals surface area (Å²) < 4.78 is 10.5. The fraction of sp³-hybridized carbons (Fsp3) is 0.571. The number of esters is 1. The number of aromatic nitrogens is 1. The van der Waals surface area contributed by atoms with Crippen molar-refractivity contribution in [1.29, 1.82) is 0 Å². The van der Waals surface area contributed by atoms with Crippen LogP contribution in [0.25, 0.3) is 0 Å². The van der Waals surface area contributed by atoms with Gasteiger partial charge in [-0.15, -0.1) is 0 Å². The van der Waals surface area contributed by atoms with Crippen LogP contribution >= 0.6 is 0 Å². The standard InChI is InChI=1S/C14H20N2O3/c1-2-18-14(17)12-3-4-13(16-9-12)19-10-11-5-7-15-8-6-11/h3-4,9,11,15H,2,5-8,10H2,1H3. The summed E-state index contributed by atoms with van der Waals surface area (Å²) in [6.07, 6.45) is 3.78. The molecule has 1 aromatic heterocycles. The van der Waals surface area contributed by atoms with Crippen LogP contribution in [0.2, 0.25) is 0 Å². The maximum Gasteiger partial charge on any atom is 0.339 e. The molecule has 1 aromatic rings. The number of rotatable bonds is 5. The lowest BCUT2D eigenvalue weighted by atomic mass is 9.99. The van der Waals surface area contributed by atoms with Gasteiger partial charge < -0.3 is 14.8 Å². The minimum Gasteiger partial charge on any atom is -0.477 e. The van der Waals surface area contributed by atoms with Crippen LogP contribution in [-0.2, 0) is 4.74 Å². The molecule has 0 spiro atoms. The third kappa shape index (κ3) is 4.21. The normalized spacial score (nSPS) is 16.1. The largest absolute Gasteiger partial charge is 0.477 e. The predicted octanol–water partition coefficient (Wildman–Crippen LogP) is 1.64. The van der Waals surface area contributed by atoms with Crippen LogP contribution in [0.15, 0.2) is 18.3 Å². The monoisotopic (exact) mass is 264 g/mol. The number of hydrogen-bond donors (Lipinski definition) is 1. The average Bonchev–Trinajstić information content (AvgIpc) is 2.47. The highest BCUT2D eigenvalue weighted by Gasteiger charge is 2.14. The molecule has 5 heteroatoms. The van der Waals surface area contributed by atoms with Crippen molar-refractivity contribution >= 4 is 5.97 Å². The molecule has 0 amide bonds. The lowest BCUT2D eigenvalue weighted by Crippen LogP contribution is -2.30. The zero-order valence-corrected chi connectivity index (χ0v) is 11.2. The minimum absolute atomic E-state index is 0.347. The van der Waals surface area contributed by atoms with Gasteiger partial charge in [0.2, 0.25) is 5.88 Å².